The summed E-state index contributed by atoms with van der Waals surface area (Å²) in [6, 6.07) is 17.3. The van der Waals surface area contributed by atoms with Gasteiger partial charge in [-0.05, 0) is 48.4 Å². The standard InChI is InChI=1S/C21H22N2O2/c1-2-6-17-9-11-18(12-10-17)21(24)23(16-20-8-5-14-25-20)15-19-7-3-4-13-22-19/h3-5,7-14H,2,6,15-16H2,1H3. The van der Waals surface area contributed by atoms with Crippen LogP contribution in [0.5, 0.6) is 0 Å². The highest BCUT2D eigenvalue weighted by Gasteiger charge is 2.18. The number of amides is 1. The predicted octanol–water partition coefficient (Wildman–Crippen LogP) is 4.47. The summed E-state index contributed by atoms with van der Waals surface area (Å²) in [5.41, 5.74) is 2.79. The van der Waals surface area contributed by atoms with Gasteiger partial charge in [0.05, 0.1) is 25.0 Å². The van der Waals surface area contributed by atoms with E-state index in [2.05, 4.69) is 11.9 Å². The Morgan fingerprint density at radius 2 is 1.88 bits per heavy atom. The molecule has 0 aliphatic rings. The summed E-state index contributed by atoms with van der Waals surface area (Å²) in [6.45, 7) is 3.01. The number of aryl methyl sites for hydroxylation is 1. The number of hydrogen-bond donors (Lipinski definition) is 0. The maximum atomic E-state index is 13.0. The van der Waals surface area contributed by atoms with Crippen LogP contribution in [0.1, 0.15) is 40.7 Å². The molecule has 0 saturated heterocycles. The van der Waals surface area contributed by atoms with Gasteiger partial charge < -0.3 is 9.32 Å². The zero-order chi connectivity index (χ0) is 17.5. The van der Waals surface area contributed by atoms with Gasteiger partial charge in [-0.3, -0.25) is 9.78 Å². The number of rotatable bonds is 7. The smallest absolute Gasteiger partial charge is 0.254 e. The van der Waals surface area contributed by atoms with Crippen LogP contribution in [-0.2, 0) is 19.5 Å². The molecule has 128 valence electrons. The summed E-state index contributed by atoms with van der Waals surface area (Å²) < 4.78 is 5.42. The number of benzene rings is 1. The van der Waals surface area contributed by atoms with Crippen LogP contribution in [0.3, 0.4) is 0 Å². The van der Waals surface area contributed by atoms with Crippen molar-refractivity contribution in [3.8, 4) is 0 Å². The first kappa shape index (κ1) is 17.0. The first-order valence-electron chi connectivity index (χ1n) is 8.56. The molecule has 3 rings (SSSR count). The number of carbonyl (C=O) groups excluding carboxylic acids is 1. The van der Waals surface area contributed by atoms with Crippen molar-refractivity contribution in [2.45, 2.75) is 32.9 Å². The van der Waals surface area contributed by atoms with Gasteiger partial charge in [-0.15, -0.1) is 0 Å². The van der Waals surface area contributed by atoms with E-state index in [1.165, 1.54) is 5.56 Å². The highest BCUT2D eigenvalue weighted by molar-refractivity contribution is 5.94. The molecular weight excluding hydrogens is 312 g/mol. The van der Waals surface area contributed by atoms with Gasteiger partial charge in [-0.1, -0.05) is 31.5 Å². The van der Waals surface area contributed by atoms with Gasteiger partial charge in [0, 0.05) is 11.8 Å². The van der Waals surface area contributed by atoms with Gasteiger partial charge in [-0.2, -0.15) is 0 Å². The number of hydrogen-bond acceptors (Lipinski definition) is 3. The molecule has 0 aliphatic heterocycles. The number of nitrogens with zero attached hydrogens (tertiary/aromatic N) is 2. The number of carbonyl (C=O) groups is 1. The van der Waals surface area contributed by atoms with Gasteiger partial charge in [0.15, 0.2) is 0 Å². The molecule has 25 heavy (non-hydrogen) atoms. The zero-order valence-electron chi connectivity index (χ0n) is 14.4. The lowest BCUT2D eigenvalue weighted by molar-refractivity contribution is 0.0715. The third-order valence-electron chi connectivity index (χ3n) is 4.03. The number of furan rings is 1. The summed E-state index contributed by atoms with van der Waals surface area (Å²) in [6.07, 6.45) is 5.48. The Bertz CT molecular complexity index is 781. The fourth-order valence-electron chi connectivity index (χ4n) is 2.76. The van der Waals surface area contributed by atoms with E-state index < -0.39 is 0 Å². The Labute approximate surface area is 148 Å². The van der Waals surface area contributed by atoms with Crippen LogP contribution < -0.4 is 0 Å². The number of aromatic nitrogens is 1. The maximum Gasteiger partial charge on any atom is 0.254 e. The second-order valence-corrected chi connectivity index (χ2v) is 6.01. The van der Waals surface area contributed by atoms with E-state index in [1.807, 2.05) is 54.6 Å². The minimum atomic E-state index is -0.0231. The lowest BCUT2D eigenvalue weighted by atomic mass is 10.1. The average Bonchev–Trinajstić information content (AvgIpc) is 3.15. The molecule has 0 fully saturated rings. The first-order chi connectivity index (χ1) is 12.3. The first-order valence-corrected chi connectivity index (χ1v) is 8.56. The minimum Gasteiger partial charge on any atom is -0.467 e. The molecule has 1 aromatic carbocycles. The molecule has 4 heteroatoms. The molecule has 0 aliphatic carbocycles. The number of pyridine rings is 1. The molecule has 0 bridgehead atoms. The molecule has 2 aromatic heterocycles. The largest absolute Gasteiger partial charge is 0.467 e. The van der Waals surface area contributed by atoms with Crippen LogP contribution in [0.4, 0.5) is 0 Å². The van der Waals surface area contributed by atoms with Crippen molar-refractivity contribution in [1.29, 1.82) is 0 Å². The van der Waals surface area contributed by atoms with E-state index in [4.69, 9.17) is 4.42 Å². The van der Waals surface area contributed by atoms with E-state index in [-0.39, 0.29) is 5.91 Å². The predicted molar refractivity (Wildman–Crippen MR) is 97.0 cm³/mol. The summed E-state index contributed by atoms with van der Waals surface area (Å²) in [7, 11) is 0. The van der Waals surface area contributed by atoms with Crippen molar-refractivity contribution in [2.75, 3.05) is 0 Å². The lowest BCUT2D eigenvalue weighted by Crippen LogP contribution is -2.30. The summed E-state index contributed by atoms with van der Waals surface area (Å²) in [4.78, 5) is 19.1. The van der Waals surface area contributed by atoms with Crippen LogP contribution in [-0.4, -0.2) is 15.8 Å². The monoisotopic (exact) mass is 334 g/mol. The molecule has 0 unspecified atom stereocenters. The highest BCUT2D eigenvalue weighted by Crippen LogP contribution is 2.15. The van der Waals surface area contributed by atoms with Gasteiger partial charge >= 0.3 is 0 Å². The summed E-state index contributed by atoms with van der Waals surface area (Å²) >= 11 is 0. The molecule has 1 amide bonds. The van der Waals surface area contributed by atoms with Crippen LogP contribution in [0.2, 0.25) is 0 Å². The van der Waals surface area contributed by atoms with E-state index in [0.29, 0.717) is 18.7 Å². The quantitative estimate of drug-likeness (QED) is 0.640. The second kappa shape index (κ2) is 8.29. The van der Waals surface area contributed by atoms with Gasteiger partial charge in [0.25, 0.3) is 5.91 Å². The fraction of sp³-hybridized carbons (Fsp3) is 0.238. The molecule has 0 N–H and O–H groups in total. The van der Waals surface area contributed by atoms with Crippen LogP contribution in [0, 0.1) is 0 Å². The molecule has 0 spiro atoms. The van der Waals surface area contributed by atoms with Gasteiger partial charge in [0.2, 0.25) is 0 Å². The normalized spacial score (nSPS) is 10.6. The summed E-state index contributed by atoms with van der Waals surface area (Å²) in [5.74, 6) is 0.733. The molecule has 0 saturated carbocycles. The van der Waals surface area contributed by atoms with E-state index >= 15 is 0 Å². The molecule has 0 atom stereocenters. The van der Waals surface area contributed by atoms with Crippen molar-refractivity contribution in [2.24, 2.45) is 0 Å². The second-order valence-electron chi connectivity index (χ2n) is 6.01. The molecule has 3 aromatic rings. The summed E-state index contributed by atoms with van der Waals surface area (Å²) in [5, 5.41) is 0. The Hall–Kier alpha value is -2.88. The highest BCUT2D eigenvalue weighted by atomic mass is 16.3. The van der Waals surface area contributed by atoms with Crippen molar-refractivity contribution >= 4 is 5.91 Å². The van der Waals surface area contributed by atoms with Gasteiger partial charge in [0.1, 0.15) is 5.76 Å². The van der Waals surface area contributed by atoms with Crippen LogP contribution in [0.25, 0.3) is 0 Å². The van der Waals surface area contributed by atoms with Crippen LogP contribution >= 0.6 is 0 Å². The SMILES string of the molecule is CCCc1ccc(C(=O)N(Cc2ccccn2)Cc2ccco2)cc1. The molecular formula is C21H22N2O2. The zero-order valence-corrected chi connectivity index (χ0v) is 14.4. The Morgan fingerprint density at radius 3 is 2.52 bits per heavy atom. The molecule has 4 nitrogen and oxygen atoms in total. The van der Waals surface area contributed by atoms with Crippen molar-refractivity contribution in [1.82, 2.24) is 9.88 Å². The topological polar surface area (TPSA) is 46.3 Å². The molecule has 0 radical (unpaired) electrons. The fourth-order valence-corrected chi connectivity index (χ4v) is 2.76. The van der Waals surface area contributed by atoms with Crippen molar-refractivity contribution < 1.29 is 9.21 Å². The van der Waals surface area contributed by atoms with Crippen LogP contribution in [0.15, 0.2) is 71.5 Å². The van der Waals surface area contributed by atoms with Gasteiger partial charge in [-0.25, -0.2) is 0 Å². The Morgan fingerprint density at radius 1 is 1.04 bits per heavy atom. The average molecular weight is 334 g/mol. The Balaban J connectivity index is 1.80. The lowest BCUT2D eigenvalue weighted by Gasteiger charge is -2.21. The molecule has 2 heterocycles. The Kier molecular flexibility index (Phi) is 5.62. The van der Waals surface area contributed by atoms with Crippen molar-refractivity contribution in [3.05, 3.63) is 89.6 Å². The maximum absolute atomic E-state index is 13.0. The minimum absolute atomic E-state index is 0.0231. The van der Waals surface area contributed by atoms with E-state index in [1.54, 1.807) is 17.4 Å². The van der Waals surface area contributed by atoms with Crippen molar-refractivity contribution in [3.63, 3.8) is 0 Å². The van der Waals surface area contributed by atoms with E-state index in [9.17, 15) is 4.79 Å². The third kappa shape index (κ3) is 4.57. The van der Waals surface area contributed by atoms with E-state index in [0.717, 1.165) is 24.3 Å². The third-order valence-corrected chi connectivity index (χ3v) is 4.03.